The van der Waals surface area contributed by atoms with E-state index in [1.165, 1.54) is 12.0 Å². The van der Waals surface area contributed by atoms with Crippen molar-refractivity contribution >= 4 is 0 Å². The summed E-state index contributed by atoms with van der Waals surface area (Å²) in [6, 6.07) is 8.12. The molecule has 102 valence electrons. The van der Waals surface area contributed by atoms with Gasteiger partial charge in [-0.25, -0.2) is 0 Å². The standard InChI is InChI=1S/C17H14N4/c18-8-16(9-19)13-6-7-14(17(16,10-20)11-21)15(13)12-4-2-1-3-5-12/h6-7,13-14H,1-5H2. The van der Waals surface area contributed by atoms with Gasteiger partial charge in [-0.3, -0.25) is 0 Å². The van der Waals surface area contributed by atoms with Crippen molar-refractivity contribution < 1.29 is 0 Å². The van der Waals surface area contributed by atoms with Gasteiger partial charge in [0.2, 0.25) is 0 Å². The van der Waals surface area contributed by atoms with Crippen molar-refractivity contribution in [1.82, 2.24) is 0 Å². The van der Waals surface area contributed by atoms with Gasteiger partial charge >= 0.3 is 0 Å². The summed E-state index contributed by atoms with van der Waals surface area (Å²) in [5.74, 6) is -0.796. The fraction of sp³-hybridized carbons (Fsp3) is 0.529. The van der Waals surface area contributed by atoms with Crippen molar-refractivity contribution in [3.05, 3.63) is 23.3 Å². The summed E-state index contributed by atoms with van der Waals surface area (Å²) in [5.41, 5.74) is -0.866. The van der Waals surface area contributed by atoms with Crippen molar-refractivity contribution in [1.29, 1.82) is 21.0 Å². The van der Waals surface area contributed by atoms with Crippen LogP contribution in [0.15, 0.2) is 23.3 Å². The molecule has 0 heterocycles. The smallest absolute Gasteiger partial charge is 0.186 e. The molecule has 0 aromatic heterocycles. The zero-order valence-electron chi connectivity index (χ0n) is 11.6. The Morgan fingerprint density at radius 3 is 1.57 bits per heavy atom. The second-order valence-corrected chi connectivity index (χ2v) is 6.02. The lowest BCUT2D eigenvalue weighted by Crippen LogP contribution is -2.41. The molecule has 3 aliphatic carbocycles. The molecule has 2 unspecified atom stereocenters. The Morgan fingerprint density at radius 1 is 0.762 bits per heavy atom. The van der Waals surface area contributed by atoms with Crippen LogP contribution in [0.1, 0.15) is 32.1 Å². The minimum atomic E-state index is -1.57. The average Bonchev–Trinajstić information content (AvgIpc) is 3.08. The number of allylic oxidation sites excluding steroid dienone is 4. The van der Waals surface area contributed by atoms with Gasteiger partial charge in [0, 0.05) is 11.8 Å². The number of nitriles is 4. The molecule has 2 fully saturated rings. The number of hydrogen-bond acceptors (Lipinski definition) is 4. The molecular weight excluding hydrogens is 260 g/mol. The molecule has 0 saturated heterocycles. The SMILES string of the molecule is N#CC1(C#N)C2C=CC(C2=C2CCCCC2)C1(C#N)C#N. The van der Waals surface area contributed by atoms with E-state index in [1.54, 1.807) is 0 Å². The zero-order chi connectivity index (χ0) is 15.1. The molecule has 4 nitrogen and oxygen atoms in total. The molecule has 4 heteroatoms. The summed E-state index contributed by atoms with van der Waals surface area (Å²) in [6.45, 7) is 0. The number of fused-ring (bicyclic) bond motifs is 2. The molecule has 3 rings (SSSR count). The summed E-state index contributed by atoms with van der Waals surface area (Å²) in [6.07, 6.45) is 9.06. The van der Waals surface area contributed by atoms with Crippen molar-refractivity contribution in [3.8, 4) is 24.3 Å². The third-order valence-electron chi connectivity index (χ3n) is 5.29. The van der Waals surface area contributed by atoms with Gasteiger partial charge in [-0.2, -0.15) is 21.0 Å². The predicted molar refractivity (Wildman–Crippen MR) is 73.5 cm³/mol. The normalized spacial score (nSPS) is 31.0. The lowest BCUT2D eigenvalue weighted by Gasteiger charge is -2.30. The third kappa shape index (κ3) is 1.35. The van der Waals surface area contributed by atoms with E-state index >= 15 is 0 Å². The van der Waals surface area contributed by atoms with Crippen molar-refractivity contribution in [2.75, 3.05) is 0 Å². The van der Waals surface area contributed by atoms with Crippen molar-refractivity contribution in [2.45, 2.75) is 32.1 Å². The Morgan fingerprint density at radius 2 is 1.19 bits per heavy atom. The van der Waals surface area contributed by atoms with Crippen LogP contribution >= 0.6 is 0 Å². The maximum absolute atomic E-state index is 9.62. The summed E-state index contributed by atoms with van der Waals surface area (Å²) in [5, 5.41) is 38.5. The van der Waals surface area contributed by atoms with E-state index in [2.05, 4.69) is 0 Å². The zero-order valence-corrected chi connectivity index (χ0v) is 11.6. The highest BCUT2D eigenvalue weighted by Gasteiger charge is 2.71. The van der Waals surface area contributed by atoms with Gasteiger partial charge in [0.05, 0.1) is 24.3 Å². The number of nitrogens with zero attached hydrogens (tertiary/aromatic N) is 4. The Kier molecular flexibility index (Phi) is 2.86. The van der Waals surface area contributed by atoms with E-state index in [0.717, 1.165) is 31.3 Å². The first kappa shape index (κ1) is 13.4. The van der Waals surface area contributed by atoms with Crippen LogP contribution < -0.4 is 0 Å². The summed E-state index contributed by atoms with van der Waals surface area (Å²) >= 11 is 0. The summed E-state index contributed by atoms with van der Waals surface area (Å²) < 4.78 is 0. The van der Waals surface area contributed by atoms with Gasteiger partial charge in [0.1, 0.15) is 0 Å². The second-order valence-electron chi connectivity index (χ2n) is 6.02. The molecule has 0 amide bonds. The van der Waals surface area contributed by atoms with Crippen molar-refractivity contribution in [3.63, 3.8) is 0 Å². The number of hydrogen-bond donors (Lipinski definition) is 0. The Bertz CT molecular complexity index is 628. The van der Waals surface area contributed by atoms with Crippen LogP contribution in [0.25, 0.3) is 0 Å². The maximum atomic E-state index is 9.62. The van der Waals surface area contributed by atoms with Crippen molar-refractivity contribution in [2.24, 2.45) is 22.7 Å². The fourth-order valence-corrected chi connectivity index (χ4v) is 4.26. The molecule has 0 spiro atoms. The van der Waals surface area contributed by atoms with Gasteiger partial charge in [0.25, 0.3) is 0 Å². The molecule has 2 bridgehead atoms. The quantitative estimate of drug-likeness (QED) is 0.634. The van der Waals surface area contributed by atoms with Gasteiger partial charge in [-0.1, -0.05) is 29.7 Å². The molecule has 2 atom stereocenters. The second kappa shape index (κ2) is 4.48. The van der Waals surface area contributed by atoms with Gasteiger partial charge in [-0.15, -0.1) is 0 Å². The van der Waals surface area contributed by atoms with Crippen LogP contribution in [-0.4, -0.2) is 0 Å². The van der Waals surface area contributed by atoms with Gasteiger partial charge in [0.15, 0.2) is 10.8 Å². The first-order chi connectivity index (χ1) is 10.2. The predicted octanol–water partition coefficient (Wildman–Crippen LogP) is 3.13. The average molecular weight is 274 g/mol. The lowest BCUT2D eigenvalue weighted by atomic mass is 9.61. The molecule has 0 N–H and O–H groups in total. The highest BCUT2D eigenvalue weighted by atomic mass is 14.7. The van der Waals surface area contributed by atoms with E-state index in [9.17, 15) is 21.0 Å². The van der Waals surface area contributed by atoms with E-state index in [-0.39, 0.29) is 0 Å². The maximum Gasteiger partial charge on any atom is 0.186 e. The largest absolute Gasteiger partial charge is 0.196 e. The summed E-state index contributed by atoms with van der Waals surface area (Å²) in [4.78, 5) is 0. The number of rotatable bonds is 0. The molecule has 0 aliphatic heterocycles. The third-order valence-corrected chi connectivity index (χ3v) is 5.29. The van der Waals surface area contributed by atoms with E-state index in [1.807, 2.05) is 36.4 Å². The van der Waals surface area contributed by atoms with Gasteiger partial charge < -0.3 is 0 Å². The van der Waals surface area contributed by atoms with Crippen LogP contribution in [0.2, 0.25) is 0 Å². The molecule has 0 aromatic carbocycles. The highest BCUT2D eigenvalue weighted by Crippen LogP contribution is 2.66. The van der Waals surface area contributed by atoms with E-state index < -0.39 is 22.7 Å². The van der Waals surface area contributed by atoms with Crippen LogP contribution in [-0.2, 0) is 0 Å². The first-order valence-corrected chi connectivity index (χ1v) is 7.26. The Hall–Kier alpha value is -2.56. The van der Waals surface area contributed by atoms with Crippen LogP contribution in [0.3, 0.4) is 0 Å². The van der Waals surface area contributed by atoms with Crippen LogP contribution in [0, 0.1) is 68.0 Å². The topological polar surface area (TPSA) is 95.2 Å². The Labute approximate surface area is 124 Å². The molecule has 2 saturated carbocycles. The Balaban J connectivity index is 2.26. The van der Waals surface area contributed by atoms with Gasteiger partial charge in [-0.05, 0) is 25.7 Å². The lowest BCUT2D eigenvalue weighted by molar-refractivity contribution is 0.276. The molecule has 3 aliphatic rings. The monoisotopic (exact) mass is 274 g/mol. The molecule has 0 radical (unpaired) electrons. The van der Waals surface area contributed by atoms with Crippen LogP contribution in [0.4, 0.5) is 0 Å². The molecule has 21 heavy (non-hydrogen) atoms. The minimum Gasteiger partial charge on any atom is -0.196 e. The molecule has 0 aromatic rings. The van der Waals surface area contributed by atoms with E-state index in [4.69, 9.17) is 0 Å². The van der Waals surface area contributed by atoms with Crippen LogP contribution in [0.5, 0.6) is 0 Å². The summed E-state index contributed by atoms with van der Waals surface area (Å²) in [7, 11) is 0. The first-order valence-electron chi connectivity index (χ1n) is 7.26. The minimum absolute atomic E-state index is 0.398. The van der Waals surface area contributed by atoms with E-state index in [0.29, 0.717) is 0 Å². The highest BCUT2D eigenvalue weighted by molar-refractivity contribution is 5.57. The molecular formula is C17H14N4. The fourth-order valence-electron chi connectivity index (χ4n) is 4.26.